The molecule has 3 N–H and O–H groups in total. The lowest BCUT2D eigenvalue weighted by atomic mass is 10.1. The topological polar surface area (TPSA) is 72.8 Å². The molecule has 1 aromatic heterocycles. The van der Waals surface area contributed by atoms with Gasteiger partial charge in [-0.05, 0) is 65.8 Å². The van der Waals surface area contributed by atoms with Crippen LogP contribution >= 0.6 is 28.1 Å². The number of aromatic nitrogens is 1. The van der Waals surface area contributed by atoms with Crippen LogP contribution in [0.1, 0.15) is 11.1 Å². The van der Waals surface area contributed by atoms with Gasteiger partial charge in [0.1, 0.15) is 0 Å². The Kier molecular flexibility index (Phi) is 4.64. The number of fused-ring (bicyclic) bond motifs is 1. The number of thiocarbonyl (C=S) groups is 1. The van der Waals surface area contributed by atoms with Gasteiger partial charge < -0.3 is 15.4 Å². The standard InChI is InChI=1S/C17H15BrN4OS/c1-9-3-6-11(7-4-9)19-17(24)22-21-15-13-12(20-16(15)23)8-5-10(2)14(13)18/h3-8,20,23H,1-2H3,(H,19,24). The molecular weight excluding hydrogens is 388 g/mol. The molecule has 0 spiro atoms. The highest BCUT2D eigenvalue weighted by Crippen LogP contribution is 2.41. The number of anilines is 1. The summed E-state index contributed by atoms with van der Waals surface area (Å²) in [4.78, 5) is 2.88. The predicted molar refractivity (Wildman–Crippen MR) is 104 cm³/mol. The minimum absolute atomic E-state index is 0.0433. The summed E-state index contributed by atoms with van der Waals surface area (Å²) in [6, 6.07) is 11.6. The van der Waals surface area contributed by atoms with E-state index in [9.17, 15) is 5.11 Å². The molecule has 0 saturated heterocycles. The van der Waals surface area contributed by atoms with E-state index in [4.69, 9.17) is 12.2 Å². The van der Waals surface area contributed by atoms with Crippen LogP contribution in [0, 0.1) is 13.8 Å². The van der Waals surface area contributed by atoms with Gasteiger partial charge in [0.05, 0.1) is 5.52 Å². The van der Waals surface area contributed by atoms with Gasteiger partial charge in [-0.1, -0.05) is 23.8 Å². The number of hydrogen-bond donors (Lipinski definition) is 3. The molecule has 7 heteroatoms. The van der Waals surface area contributed by atoms with Crippen molar-refractivity contribution in [1.82, 2.24) is 4.98 Å². The van der Waals surface area contributed by atoms with Crippen molar-refractivity contribution in [2.75, 3.05) is 5.32 Å². The number of hydrogen-bond acceptors (Lipinski definition) is 3. The van der Waals surface area contributed by atoms with E-state index in [0.717, 1.165) is 32.2 Å². The number of aromatic amines is 1. The smallest absolute Gasteiger partial charge is 0.218 e. The highest BCUT2D eigenvalue weighted by molar-refractivity contribution is 9.10. The maximum atomic E-state index is 10.1. The molecule has 0 radical (unpaired) electrons. The molecule has 0 aliphatic rings. The van der Waals surface area contributed by atoms with Gasteiger partial charge in [-0.25, -0.2) is 0 Å². The van der Waals surface area contributed by atoms with Crippen LogP contribution in [0.3, 0.4) is 0 Å². The Morgan fingerprint density at radius 1 is 1.17 bits per heavy atom. The zero-order valence-electron chi connectivity index (χ0n) is 13.1. The number of azo groups is 1. The second kappa shape index (κ2) is 6.70. The molecule has 122 valence electrons. The first kappa shape index (κ1) is 16.6. The van der Waals surface area contributed by atoms with Crippen molar-refractivity contribution in [3.8, 4) is 5.88 Å². The third-order valence-electron chi connectivity index (χ3n) is 3.59. The summed E-state index contributed by atoms with van der Waals surface area (Å²) < 4.78 is 0.864. The van der Waals surface area contributed by atoms with Crippen LogP contribution in [0.15, 0.2) is 51.1 Å². The van der Waals surface area contributed by atoms with E-state index >= 15 is 0 Å². The molecule has 24 heavy (non-hydrogen) atoms. The Hall–Kier alpha value is -2.25. The third-order valence-corrected chi connectivity index (χ3v) is 4.80. The Morgan fingerprint density at radius 3 is 2.58 bits per heavy atom. The average molecular weight is 403 g/mol. The fourth-order valence-corrected chi connectivity index (χ4v) is 2.99. The second-order valence-corrected chi connectivity index (χ2v) is 6.62. The number of aromatic hydroxyl groups is 1. The molecule has 5 nitrogen and oxygen atoms in total. The van der Waals surface area contributed by atoms with E-state index < -0.39 is 0 Å². The van der Waals surface area contributed by atoms with Crippen molar-refractivity contribution in [3.63, 3.8) is 0 Å². The molecule has 0 aliphatic carbocycles. The quantitative estimate of drug-likeness (QED) is 0.378. The molecule has 0 aliphatic heterocycles. The zero-order chi connectivity index (χ0) is 17.3. The Labute approximate surface area is 152 Å². The highest BCUT2D eigenvalue weighted by Gasteiger charge is 2.14. The van der Waals surface area contributed by atoms with Gasteiger partial charge in [0, 0.05) is 15.5 Å². The third kappa shape index (κ3) is 3.32. The van der Waals surface area contributed by atoms with Gasteiger partial charge >= 0.3 is 0 Å². The SMILES string of the molecule is Cc1ccc(NC(=S)N=Nc2c(O)[nH]c3ccc(C)c(Br)c23)cc1. The van der Waals surface area contributed by atoms with E-state index in [2.05, 4.69) is 36.5 Å². The largest absolute Gasteiger partial charge is 0.493 e. The molecule has 3 rings (SSSR count). The minimum atomic E-state index is -0.0433. The lowest BCUT2D eigenvalue weighted by Crippen LogP contribution is -2.04. The van der Waals surface area contributed by atoms with Crippen molar-refractivity contribution < 1.29 is 5.11 Å². The fourth-order valence-electron chi connectivity index (χ4n) is 2.30. The number of H-pyrrole nitrogens is 1. The van der Waals surface area contributed by atoms with Gasteiger partial charge in [0.2, 0.25) is 11.0 Å². The number of benzene rings is 2. The number of nitrogens with zero attached hydrogens (tertiary/aromatic N) is 2. The number of rotatable bonds is 2. The number of aryl methyl sites for hydroxylation is 2. The summed E-state index contributed by atoms with van der Waals surface area (Å²) >= 11 is 8.72. The molecule has 1 heterocycles. The van der Waals surface area contributed by atoms with Crippen LogP contribution in [0.4, 0.5) is 11.4 Å². The summed E-state index contributed by atoms with van der Waals surface area (Å²) in [7, 11) is 0. The van der Waals surface area contributed by atoms with Crippen molar-refractivity contribution in [2.45, 2.75) is 13.8 Å². The van der Waals surface area contributed by atoms with E-state index in [1.165, 1.54) is 0 Å². The van der Waals surface area contributed by atoms with E-state index in [1.54, 1.807) is 0 Å². The van der Waals surface area contributed by atoms with Gasteiger partial charge in [-0.15, -0.1) is 10.2 Å². The Balaban J connectivity index is 1.87. The molecule has 0 fully saturated rings. The van der Waals surface area contributed by atoms with Crippen LogP contribution in [-0.2, 0) is 0 Å². The summed E-state index contributed by atoms with van der Waals surface area (Å²) in [6.07, 6.45) is 0. The maximum Gasteiger partial charge on any atom is 0.218 e. The van der Waals surface area contributed by atoms with Gasteiger partial charge in [0.25, 0.3) is 0 Å². The second-order valence-electron chi connectivity index (χ2n) is 5.44. The predicted octanol–water partition coefficient (Wildman–Crippen LogP) is 5.73. The zero-order valence-corrected chi connectivity index (χ0v) is 15.5. The lowest BCUT2D eigenvalue weighted by molar-refractivity contribution is 0.459. The Bertz CT molecular complexity index is 947. The lowest BCUT2D eigenvalue weighted by Gasteiger charge is -2.03. The molecule has 3 aromatic rings. The molecule has 0 atom stereocenters. The van der Waals surface area contributed by atoms with Crippen LogP contribution in [0.25, 0.3) is 10.9 Å². The van der Waals surface area contributed by atoms with Crippen LogP contribution in [-0.4, -0.2) is 15.2 Å². The fraction of sp³-hybridized carbons (Fsp3) is 0.118. The number of halogens is 1. The minimum Gasteiger partial charge on any atom is -0.493 e. The van der Waals surface area contributed by atoms with E-state index in [1.807, 2.05) is 50.2 Å². The van der Waals surface area contributed by atoms with Crippen molar-refractivity contribution in [3.05, 3.63) is 52.0 Å². The van der Waals surface area contributed by atoms with Gasteiger partial charge in [0.15, 0.2) is 5.69 Å². The normalized spacial score (nSPS) is 11.3. The van der Waals surface area contributed by atoms with E-state index in [0.29, 0.717) is 5.69 Å². The first-order valence-corrected chi connectivity index (χ1v) is 8.45. The highest BCUT2D eigenvalue weighted by atomic mass is 79.9. The summed E-state index contributed by atoms with van der Waals surface area (Å²) in [5.74, 6) is -0.0433. The van der Waals surface area contributed by atoms with Gasteiger partial charge in [-0.3, -0.25) is 0 Å². The Morgan fingerprint density at radius 2 is 1.88 bits per heavy atom. The van der Waals surface area contributed by atoms with E-state index in [-0.39, 0.29) is 11.0 Å². The first-order valence-electron chi connectivity index (χ1n) is 7.25. The molecule has 0 amide bonds. The average Bonchev–Trinajstić information content (AvgIpc) is 2.87. The molecular formula is C17H15BrN4OS. The summed E-state index contributed by atoms with van der Waals surface area (Å²) in [5, 5.41) is 22.2. The molecule has 0 bridgehead atoms. The van der Waals surface area contributed by atoms with Gasteiger partial charge in [-0.2, -0.15) is 0 Å². The summed E-state index contributed by atoms with van der Waals surface area (Å²) in [6.45, 7) is 3.99. The van der Waals surface area contributed by atoms with Crippen molar-refractivity contribution in [1.29, 1.82) is 0 Å². The van der Waals surface area contributed by atoms with Crippen molar-refractivity contribution >= 4 is 55.5 Å². The van der Waals surface area contributed by atoms with Crippen molar-refractivity contribution in [2.24, 2.45) is 10.2 Å². The molecule has 0 saturated carbocycles. The molecule has 0 unspecified atom stereocenters. The monoisotopic (exact) mass is 402 g/mol. The van der Waals surface area contributed by atoms with Crippen LogP contribution in [0.2, 0.25) is 0 Å². The van der Waals surface area contributed by atoms with Crippen LogP contribution in [0.5, 0.6) is 5.88 Å². The maximum absolute atomic E-state index is 10.1. The van der Waals surface area contributed by atoms with Crippen LogP contribution < -0.4 is 5.32 Å². The summed E-state index contributed by atoms with van der Waals surface area (Å²) in [5.41, 5.74) is 4.17. The number of nitrogens with one attached hydrogen (secondary N) is 2. The molecule has 2 aromatic carbocycles. The first-order chi connectivity index (χ1) is 11.5.